The summed E-state index contributed by atoms with van der Waals surface area (Å²) in [5.41, 5.74) is -1.55. The molecule has 0 aliphatic rings. The van der Waals surface area contributed by atoms with Crippen LogP contribution < -0.4 is 4.74 Å². The molecule has 14 heavy (non-hydrogen) atoms. The molecule has 0 spiro atoms. The highest BCUT2D eigenvalue weighted by atomic mass is 35.5. The van der Waals surface area contributed by atoms with Gasteiger partial charge in [0, 0.05) is 17.3 Å². The molecule has 1 atom stereocenters. The van der Waals surface area contributed by atoms with Crippen molar-refractivity contribution in [2.45, 2.75) is 12.6 Å². The van der Waals surface area contributed by atoms with Crippen LogP contribution in [0.25, 0.3) is 0 Å². The van der Waals surface area contributed by atoms with Gasteiger partial charge in [-0.2, -0.15) is 0 Å². The lowest BCUT2D eigenvalue weighted by Crippen LogP contribution is -2.24. The Bertz CT molecular complexity index is 328. The van der Waals surface area contributed by atoms with Gasteiger partial charge in [0.2, 0.25) is 5.88 Å². The lowest BCUT2D eigenvalue weighted by atomic mass is 10.1. The van der Waals surface area contributed by atoms with Gasteiger partial charge in [-0.3, -0.25) is 0 Å². The summed E-state index contributed by atoms with van der Waals surface area (Å²) in [6.07, 6.45) is 2.69. The van der Waals surface area contributed by atoms with Crippen LogP contribution in [0.3, 0.4) is 0 Å². The maximum Gasteiger partial charge on any atom is 0.214 e. The SMILES string of the molecule is C=CC(C)(F)COc1cc(Cl)ccn1. The topological polar surface area (TPSA) is 22.1 Å². The lowest BCUT2D eigenvalue weighted by molar-refractivity contribution is 0.143. The van der Waals surface area contributed by atoms with Crippen LogP contribution in [0, 0.1) is 0 Å². The van der Waals surface area contributed by atoms with Gasteiger partial charge in [0.05, 0.1) is 0 Å². The predicted molar refractivity (Wildman–Crippen MR) is 54.5 cm³/mol. The van der Waals surface area contributed by atoms with Crippen molar-refractivity contribution in [2.75, 3.05) is 6.61 Å². The summed E-state index contributed by atoms with van der Waals surface area (Å²) < 4.78 is 18.4. The van der Waals surface area contributed by atoms with Gasteiger partial charge in [0.1, 0.15) is 6.61 Å². The van der Waals surface area contributed by atoms with Crippen LogP contribution in [0.15, 0.2) is 31.0 Å². The molecular formula is C10H11ClFNO. The van der Waals surface area contributed by atoms with Gasteiger partial charge >= 0.3 is 0 Å². The first kappa shape index (κ1) is 11.0. The maximum absolute atomic E-state index is 13.3. The van der Waals surface area contributed by atoms with Crippen molar-refractivity contribution in [3.8, 4) is 5.88 Å². The third-order valence-corrected chi connectivity index (χ3v) is 1.86. The second-order valence-corrected chi connectivity index (χ2v) is 3.52. The molecule has 1 aromatic heterocycles. The van der Waals surface area contributed by atoms with Crippen LogP contribution in [0.2, 0.25) is 5.02 Å². The third kappa shape index (κ3) is 3.34. The molecule has 0 aromatic carbocycles. The van der Waals surface area contributed by atoms with Gasteiger partial charge in [0.25, 0.3) is 0 Å². The number of halogens is 2. The summed E-state index contributed by atoms with van der Waals surface area (Å²) in [7, 11) is 0. The molecule has 0 radical (unpaired) electrons. The number of hydrogen-bond acceptors (Lipinski definition) is 2. The molecule has 0 saturated heterocycles. The molecule has 0 aliphatic carbocycles. The van der Waals surface area contributed by atoms with E-state index in [1.54, 1.807) is 6.07 Å². The van der Waals surface area contributed by atoms with E-state index in [2.05, 4.69) is 11.6 Å². The van der Waals surface area contributed by atoms with Crippen LogP contribution in [0.5, 0.6) is 5.88 Å². The number of nitrogens with zero attached hydrogens (tertiary/aromatic N) is 1. The fraction of sp³-hybridized carbons (Fsp3) is 0.300. The Morgan fingerprint density at radius 2 is 2.50 bits per heavy atom. The van der Waals surface area contributed by atoms with E-state index < -0.39 is 5.67 Å². The molecule has 0 N–H and O–H groups in total. The Kier molecular flexibility index (Phi) is 3.47. The molecule has 1 unspecified atom stereocenters. The summed E-state index contributed by atoms with van der Waals surface area (Å²) >= 11 is 5.69. The fourth-order valence-electron chi connectivity index (χ4n) is 0.738. The highest BCUT2D eigenvalue weighted by Gasteiger charge is 2.19. The number of aromatic nitrogens is 1. The Morgan fingerprint density at radius 3 is 3.07 bits per heavy atom. The maximum atomic E-state index is 13.3. The Labute approximate surface area is 87.4 Å². The Morgan fingerprint density at radius 1 is 1.79 bits per heavy atom. The van der Waals surface area contributed by atoms with Gasteiger partial charge in [0.15, 0.2) is 5.67 Å². The van der Waals surface area contributed by atoms with Crippen LogP contribution in [-0.4, -0.2) is 17.3 Å². The normalized spacial score (nSPS) is 14.5. The minimum absolute atomic E-state index is 0.121. The third-order valence-electron chi connectivity index (χ3n) is 1.62. The predicted octanol–water partition coefficient (Wildman–Crippen LogP) is 3.03. The van der Waals surface area contributed by atoms with Crippen molar-refractivity contribution < 1.29 is 9.13 Å². The molecule has 1 aromatic rings. The number of pyridine rings is 1. The van der Waals surface area contributed by atoms with E-state index in [1.165, 1.54) is 25.3 Å². The summed E-state index contributed by atoms with van der Waals surface area (Å²) in [4.78, 5) is 3.87. The molecule has 0 bridgehead atoms. The van der Waals surface area contributed by atoms with Crippen molar-refractivity contribution in [2.24, 2.45) is 0 Å². The van der Waals surface area contributed by atoms with Crippen LogP contribution >= 0.6 is 11.6 Å². The van der Waals surface area contributed by atoms with Crippen molar-refractivity contribution in [1.82, 2.24) is 4.98 Å². The molecule has 0 aliphatic heterocycles. The second kappa shape index (κ2) is 4.42. The molecule has 0 amide bonds. The average Bonchev–Trinajstić information content (AvgIpc) is 2.15. The highest BCUT2D eigenvalue weighted by molar-refractivity contribution is 6.30. The highest BCUT2D eigenvalue weighted by Crippen LogP contribution is 2.17. The van der Waals surface area contributed by atoms with Crippen molar-refractivity contribution in [1.29, 1.82) is 0 Å². The van der Waals surface area contributed by atoms with E-state index in [0.717, 1.165) is 0 Å². The molecule has 1 rings (SSSR count). The lowest BCUT2D eigenvalue weighted by Gasteiger charge is -2.15. The first-order valence-corrected chi connectivity index (χ1v) is 4.48. The summed E-state index contributed by atoms with van der Waals surface area (Å²) in [6.45, 7) is 4.62. The van der Waals surface area contributed by atoms with Gasteiger partial charge < -0.3 is 4.74 Å². The standard InChI is InChI=1S/C10H11ClFNO/c1-3-10(2,12)7-14-9-6-8(11)4-5-13-9/h3-6H,1,7H2,2H3. The zero-order valence-corrected chi connectivity index (χ0v) is 8.59. The van der Waals surface area contributed by atoms with Crippen molar-refractivity contribution >= 4 is 11.6 Å². The molecule has 1 heterocycles. The van der Waals surface area contributed by atoms with E-state index in [9.17, 15) is 4.39 Å². The number of alkyl halides is 1. The molecule has 2 nitrogen and oxygen atoms in total. The summed E-state index contributed by atoms with van der Waals surface area (Å²) in [5, 5.41) is 0.508. The summed E-state index contributed by atoms with van der Waals surface area (Å²) in [6, 6.07) is 3.15. The zero-order chi connectivity index (χ0) is 10.6. The van der Waals surface area contributed by atoms with Crippen LogP contribution in [0.1, 0.15) is 6.92 Å². The van der Waals surface area contributed by atoms with E-state index in [0.29, 0.717) is 10.9 Å². The Balaban J connectivity index is 2.58. The largest absolute Gasteiger partial charge is 0.474 e. The minimum atomic E-state index is -1.55. The quantitative estimate of drug-likeness (QED) is 0.721. The number of rotatable bonds is 4. The molecule has 4 heteroatoms. The number of ether oxygens (including phenoxy) is 1. The smallest absolute Gasteiger partial charge is 0.214 e. The van der Waals surface area contributed by atoms with Crippen LogP contribution in [0.4, 0.5) is 4.39 Å². The van der Waals surface area contributed by atoms with E-state index in [-0.39, 0.29) is 6.61 Å². The van der Waals surface area contributed by atoms with E-state index in [4.69, 9.17) is 16.3 Å². The first-order valence-electron chi connectivity index (χ1n) is 4.10. The van der Waals surface area contributed by atoms with E-state index in [1.807, 2.05) is 0 Å². The average molecular weight is 216 g/mol. The van der Waals surface area contributed by atoms with Gasteiger partial charge in [-0.25, -0.2) is 9.37 Å². The molecule has 76 valence electrons. The van der Waals surface area contributed by atoms with Gasteiger partial charge in [-0.05, 0) is 13.0 Å². The summed E-state index contributed by atoms with van der Waals surface area (Å²) in [5.74, 6) is 0.309. The molecule has 0 fully saturated rings. The molecule has 0 saturated carbocycles. The van der Waals surface area contributed by atoms with E-state index >= 15 is 0 Å². The minimum Gasteiger partial charge on any atom is -0.474 e. The first-order chi connectivity index (χ1) is 6.53. The van der Waals surface area contributed by atoms with Gasteiger partial charge in [-0.1, -0.05) is 24.3 Å². The van der Waals surface area contributed by atoms with Crippen molar-refractivity contribution in [3.63, 3.8) is 0 Å². The van der Waals surface area contributed by atoms with Gasteiger partial charge in [-0.15, -0.1) is 0 Å². The monoisotopic (exact) mass is 215 g/mol. The number of hydrogen-bond donors (Lipinski definition) is 0. The van der Waals surface area contributed by atoms with Crippen LogP contribution in [-0.2, 0) is 0 Å². The zero-order valence-electron chi connectivity index (χ0n) is 7.84. The fourth-order valence-corrected chi connectivity index (χ4v) is 0.888. The Hall–Kier alpha value is -1.09. The van der Waals surface area contributed by atoms with Crippen molar-refractivity contribution in [3.05, 3.63) is 36.0 Å². The second-order valence-electron chi connectivity index (χ2n) is 3.08. The molecular weight excluding hydrogens is 205 g/mol.